The van der Waals surface area contributed by atoms with Crippen LogP contribution in [-0.2, 0) is 4.79 Å². The van der Waals surface area contributed by atoms with Crippen molar-refractivity contribution in [3.8, 4) is 0 Å². The smallest absolute Gasteiger partial charge is 0.319 e. The number of Topliss-reactive ketones (excluding diaryl/α,β-unsaturated/α-hetero) is 1. The summed E-state index contributed by atoms with van der Waals surface area (Å²) < 4.78 is 0. The van der Waals surface area contributed by atoms with Gasteiger partial charge in [-0.15, -0.1) is 0 Å². The van der Waals surface area contributed by atoms with Crippen LogP contribution in [0.2, 0.25) is 0 Å². The highest BCUT2D eigenvalue weighted by atomic mass is 16.2. The third-order valence-corrected chi connectivity index (χ3v) is 5.15. The number of ketones is 1. The van der Waals surface area contributed by atoms with Crippen LogP contribution in [0, 0.1) is 6.92 Å². The molecule has 1 aliphatic rings. The standard InChI is InChI=1S/C23H27N3O3/c1-17-7-9-18(10-8-17)21(27)11-12-22(28)26-15-13-20(14-16-26)25-23(29)24-19-5-3-2-4-6-19/h2-10,20H,11-16H2,1H3,(H2,24,25,29). The summed E-state index contributed by atoms with van der Waals surface area (Å²) in [6.45, 7) is 3.16. The summed E-state index contributed by atoms with van der Waals surface area (Å²) >= 11 is 0. The van der Waals surface area contributed by atoms with Gasteiger partial charge in [0.05, 0.1) is 0 Å². The molecule has 2 aromatic rings. The van der Waals surface area contributed by atoms with Crippen molar-refractivity contribution in [2.45, 2.75) is 38.6 Å². The highest BCUT2D eigenvalue weighted by molar-refractivity contribution is 5.98. The predicted molar refractivity (Wildman–Crippen MR) is 113 cm³/mol. The summed E-state index contributed by atoms with van der Waals surface area (Å²) in [5.74, 6) is -0.00913. The quantitative estimate of drug-likeness (QED) is 0.734. The second-order valence-corrected chi connectivity index (χ2v) is 7.41. The molecular weight excluding hydrogens is 366 g/mol. The zero-order chi connectivity index (χ0) is 20.6. The monoisotopic (exact) mass is 393 g/mol. The van der Waals surface area contributed by atoms with Crippen molar-refractivity contribution in [2.75, 3.05) is 18.4 Å². The van der Waals surface area contributed by atoms with Crippen LogP contribution in [0.1, 0.15) is 41.6 Å². The molecule has 0 atom stereocenters. The van der Waals surface area contributed by atoms with Crippen LogP contribution in [-0.4, -0.2) is 41.8 Å². The van der Waals surface area contributed by atoms with Crippen LogP contribution < -0.4 is 10.6 Å². The Labute approximate surface area is 171 Å². The van der Waals surface area contributed by atoms with E-state index >= 15 is 0 Å². The molecule has 1 fully saturated rings. The molecule has 2 aromatic carbocycles. The third kappa shape index (κ3) is 6.17. The molecule has 0 aliphatic carbocycles. The lowest BCUT2D eigenvalue weighted by atomic mass is 10.0. The number of likely N-dealkylation sites (tertiary alicyclic amines) is 1. The topological polar surface area (TPSA) is 78.5 Å². The Kier molecular flexibility index (Phi) is 7.00. The van der Waals surface area contributed by atoms with E-state index < -0.39 is 0 Å². The average molecular weight is 393 g/mol. The van der Waals surface area contributed by atoms with Gasteiger partial charge in [-0.05, 0) is 31.9 Å². The summed E-state index contributed by atoms with van der Waals surface area (Å²) in [4.78, 5) is 38.5. The Bertz CT molecular complexity index is 841. The molecule has 2 N–H and O–H groups in total. The summed E-state index contributed by atoms with van der Waals surface area (Å²) in [5.41, 5.74) is 2.50. The number of carbonyl (C=O) groups excluding carboxylic acids is 3. The van der Waals surface area contributed by atoms with Crippen molar-refractivity contribution in [2.24, 2.45) is 0 Å². The van der Waals surface area contributed by atoms with Crippen LogP contribution in [0.15, 0.2) is 54.6 Å². The number of nitrogens with one attached hydrogen (secondary N) is 2. The van der Waals surface area contributed by atoms with Gasteiger partial charge in [-0.25, -0.2) is 4.79 Å². The van der Waals surface area contributed by atoms with E-state index in [1.165, 1.54) is 0 Å². The van der Waals surface area contributed by atoms with E-state index in [-0.39, 0.29) is 36.6 Å². The first-order chi connectivity index (χ1) is 14.0. The first kappa shape index (κ1) is 20.6. The maximum Gasteiger partial charge on any atom is 0.319 e. The van der Waals surface area contributed by atoms with Crippen molar-refractivity contribution in [3.05, 3.63) is 65.7 Å². The molecule has 1 aliphatic heterocycles. The van der Waals surface area contributed by atoms with Gasteiger partial charge in [0.1, 0.15) is 0 Å². The summed E-state index contributed by atoms with van der Waals surface area (Å²) in [6, 6.07) is 16.5. The minimum atomic E-state index is -0.232. The van der Waals surface area contributed by atoms with E-state index in [9.17, 15) is 14.4 Å². The number of piperidine rings is 1. The molecule has 0 aromatic heterocycles. The van der Waals surface area contributed by atoms with Gasteiger partial charge < -0.3 is 15.5 Å². The van der Waals surface area contributed by atoms with Crippen molar-refractivity contribution in [1.29, 1.82) is 0 Å². The lowest BCUT2D eigenvalue weighted by molar-refractivity contribution is -0.132. The van der Waals surface area contributed by atoms with Gasteiger partial charge in [0, 0.05) is 43.2 Å². The second-order valence-electron chi connectivity index (χ2n) is 7.41. The highest BCUT2D eigenvalue weighted by Crippen LogP contribution is 2.14. The number of nitrogens with zero attached hydrogens (tertiary/aromatic N) is 1. The number of hydrogen-bond donors (Lipinski definition) is 2. The van der Waals surface area contributed by atoms with E-state index in [1.807, 2.05) is 49.4 Å². The minimum absolute atomic E-state index is 0.00218. The molecule has 0 bridgehead atoms. The van der Waals surface area contributed by atoms with E-state index in [1.54, 1.807) is 17.0 Å². The first-order valence-electron chi connectivity index (χ1n) is 10.0. The molecule has 0 saturated carbocycles. The largest absolute Gasteiger partial charge is 0.343 e. The Morgan fingerprint density at radius 3 is 2.24 bits per heavy atom. The molecule has 3 amide bonds. The number of carbonyl (C=O) groups is 3. The number of amides is 3. The normalized spacial score (nSPS) is 14.3. The van der Waals surface area contributed by atoms with Gasteiger partial charge in [-0.3, -0.25) is 9.59 Å². The minimum Gasteiger partial charge on any atom is -0.343 e. The average Bonchev–Trinajstić information content (AvgIpc) is 2.73. The Balaban J connectivity index is 1.38. The predicted octanol–water partition coefficient (Wildman–Crippen LogP) is 3.77. The number of anilines is 1. The van der Waals surface area contributed by atoms with Gasteiger partial charge >= 0.3 is 6.03 Å². The fraction of sp³-hybridized carbons (Fsp3) is 0.348. The van der Waals surface area contributed by atoms with Crippen LogP contribution in [0.5, 0.6) is 0 Å². The second kappa shape index (κ2) is 9.87. The number of benzene rings is 2. The maximum absolute atomic E-state index is 12.4. The van der Waals surface area contributed by atoms with E-state index in [2.05, 4.69) is 10.6 Å². The fourth-order valence-corrected chi connectivity index (χ4v) is 3.41. The lowest BCUT2D eigenvalue weighted by Gasteiger charge is -2.32. The Morgan fingerprint density at radius 2 is 1.59 bits per heavy atom. The van der Waals surface area contributed by atoms with Gasteiger partial charge in [-0.1, -0.05) is 48.0 Å². The maximum atomic E-state index is 12.4. The molecule has 6 nitrogen and oxygen atoms in total. The van der Waals surface area contributed by atoms with E-state index in [4.69, 9.17) is 0 Å². The lowest BCUT2D eigenvalue weighted by Crippen LogP contribution is -2.47. The molecule has 3 rings (SSSR count). The van der Waals surface area contributed by atoms with E-state index in [0.717, 1.165) is 11.3 Å². The Hall–Kier alpha value is -3.15. The van der Waals surface area contributed by atoms with Crippen LogP contribution >= 0.6 is 0 Å². The van der Waals surface area contributed by atoms with Gasteiger partial charge in [0.2, 0.25) is 5.91 Å². The zero-order valence-electron chi connectivity index (χ0n) is 16.7. The molecule has 0 radical (unpaired) electrons. The van der Waals surface area contributed by atoms with Crippen molar-refractivity contribution in [1.82, 2.24) is 10.2 Å². The molecule has 1 saturated heterocycles. The van der Waals surface area contributed by atoms with Gasteiger partial charge in [0.15, 0.2) is 5.78 Å². The molecule has 152 valence electrons. The fourth-order valence-electron chi connectivity index (χ4n) is 3.41. The number of aryl methyl sites for hydroxylation is 1. The molecule has 0 spiro atoms. The summed E-state index contributed by atoms with van der Waals surface area (Å²) in [5, 5.41) is 5.77. The van der Waals surface area contributed by atoms with Crippen LogP contribution in [0.4, 0.5) is 10.5 Å². The molecule has 0 unspecified atom stereocenters. The van der Waals surface area contributed by atoms with Crippen molar-refractivity contribution < 1.29 is 14.4 Å². The van der Waals surface area contributed by atoms with Crippen LogP contribution in [0.25, 0.3) is 0 Å². The SMILES string of the molecule is Cc1ccc(C(=O)CCC(=O)N2CCC(NC(=O)Nc3ccccc3)CC2)cc1. The zero-order valence-corrected chi connectivity index (χ0v) is 16.7. The third-order valence-electron chi connectivity index (χ3n) is 5.15. The van der Waals surface area contributed by atoms with Crippen molar-refractivity contribution in [3.63, 3.8) is 0 Å². The molecule has 29 heavy (non-hydrogen) atoms. The summed E-state index contributed by atoms with van der Waals surface area (Å²) in [6.07, 6.45) is 1.86. The van der Waals surface area contributed by atoms with Gasteiger partial charge in [0.25, 0.3) is 0 Å². The van der Waals surface area contributed by atoms with Crippen molar-refractivity contribution >= 4 is 23.4 Å². The molecule has 1 heterocycles. The van der Waals surface area contributed by atoms with Gasteiger partial charge in [-0.2, -0.15) is 0 Å². The number of urea groups is 1. The highest BCUT2D eigenvalue weighted by Gasteiger charge is 2.24. The first-order valence-corrected chi connectivity index (χ1v) is 10.0. The van der Waals surface area contributed by atoms with E-state index in [0.29, 0.717) is 31.5 Å². The Morgan fingerprint density at radius 1 is 0.931 bits per heavy atom. The molecular formula is C23H27N3O3. The number of rotatable bonds is 6. The number of hydrogen-bond acceptors (Lipinski definition) is 3. The number of para-hydroxylation sites is 1. The summed E-state index contributed by atoms with van der Waals surface area (Å²) in [7, 11) is 0. The molecule has 6 heteroatoms. The van der Waals surface area contributed by atoms with Crippen LogP contribution in [0.3, 0.4) is 0 Å².